The Hall–Kier alpha value is -0.100. The summed E-state index contributed by atoms with van der Waals surface area (Å²) in [6.45, 7) is 8.26. The lowest BCUT2D eigenvalue weighted by molar-refractivity contribution is 0.144. The molecule has 0 unspecified atom stereocenters. The van der Waals surface area contributed by atoms with Gasteiger partial charge in [0, 0.05) is 19.8 Å². The summed E-state index contributed by atoms with van der Waals surface area (Å²) in [6, 6.07) is 4.20. The topological polar surface area (TPSA) is 30.5 Å². The van der Waals surface area contributed by atoms with E-state index >= 15 is 0 Å². The first-order valence-electron chi connectivity index (χ1n) is 7.08. The molecule has 0 aliphatic rings. The first-order valence-corrected chi connectivity index (χ1v) is 8.66. The minimum atomic E-state index is 0.728. The molecule has 0 fully saturated rings. The normalized spacial score (nSPS) is 10.8. The molecule has 0 amide bonds. The molecule has 0 heterocycles. The zero-order valence-electron chi connectivity index (χ0n) is 12.2. The number of ether oxygens (including phenoxy) is 2. The Kier molecular flexibility index (Phi) is 9.52. The van der Waals surface area contributed by atoms with Gasteiger partial charge in [0.1, 0.15) is 5.75 Å². The Balaban J connectivity index is 2.43. The van der Waals surface area contributed by atoms with E-state index in [0.717, 1.165) is 60.4 Å². The molecule has 0 saturated carbocycles. The van der Waals surface area contributed by atoms with Gasteiger partial charge in [0.2, 0.25) is 0 Å². The summed E-state index contributed by atoms with van der Waals surface area (Å²) in [5.41, 5.74) is 1.23. The molecular formula is C15H23Br2NO2. The molecule has 0 saturated heterocycles. The molecule has 0 aliphatic carbocycles. The predicted molar refractivity (Wildman–Crippen MR) is 90.4 cm³/mol. The van der Waals surface area contributed by atoms with Crippen LogP contribution >= 0.6 is 31.9 Å². The molecule has 0 bridgehead atoms. The maximum atomic E-state index is 5.71. The molecule has 1 aromatic rings. The van der Waals surface area contributed by atoms with Crippen molar-refractivity contribution in [3.05, 3.63) is 26.6 Å². The quantitative estimate of drug-likeness (QED) is 0.577. The van der Waals surface area contributed by atoms with Crippen LogP contribution in [-0.2, 0) is 11.3 Å². The Morgan fingerprint density at radius 1 is 1.10 bits per heavy atom. The maximum Gasteiger partial charge on any atom is 0.147 e. The van der Waals surface area contributed by atoms with Gasteiger partial charge in [-0.3, -0.25) is 0 Å². The summed E-state index contributed by atoms with van der Waals surface area (Å²) in [6.07, 6.45) is 2.04. The highest BCUT2D eigenvalue weighted by Crippen LogP contribution is 2.34. The van der Waals surface area contributed by atoms with E-state index in [0.29, 0.717) is 0 Å². The summed E-state index contributed by atoms with van der Waals surface area (Å²) < 4.78 is 13.0. The third kappa shape index (κ3) is 6.57. The van der Waals surface area contributed by atoms with Crippen LogP contribution in [-0.4, -0.2) is 26.4 Å². The van der Waals surface area contributed by atoms with Crippen LogP contribution in [0.25, 0.3) is 0 Å². The SMILES string of the molecule is CCCOc1c(Br)cc(CNCCCOCC)cc1Br. The second kappa shape index (κ2) is 10.6. The monoisotopic (exact) mass is 407 g/mol. The zero-order chi connectivity index (χ0) is 14.8. The lowest BCUT2D eigenvalue weighted by Crippen LogP contribution is -2.16. The molecule has 1 aromatic carbocycles. The number of hydrogen-bond acceptors (Lipinski definition) is 3. The average Bonchev–Trinajstić information content (AvgIpc) is 2.42. The lowest BCUT2D eigenvalue weighted by atomic mass is 10.2. The van der Waals surface area contributed by atoms with Gasteiger partial charge >= 0.3 is 0 Å². The van der Waals surface area contributed by atoms with Crippen LogP contribution in [0.1, 0.15) is 32.3 Å². The molecule has 20 heavy (non-hydrogen) atoms. The van der Waals surface area contributed by atoms with E-state index in [1.165, 1.54) is 5.56 Å². The van der Waals surface area contributed by atoms with Crippen LogP contribution in [0.4, 0.5) is 0 Å². The van der Waals surface area contributed by atoms with Gasteiger partial charge in [0.25, 0.3) is 0 Å². The van der Waals surface area contributed by atoms with E-state index in [1.807, 2.05) is 6.92 Å². The van der Waals surface area contributed by atoms with Crippen LogP contribution in [0, 0.1) is 0 Å². The van der Waals surface area contributed by atoms with E-state index in [9.17, 15) is 0 Å². The van der Waals surface area contributed by atoms with Crippen LogP contribution in [0.3, 0.4) is 0 Å². The molecule has 0 atom stereocenters. The Labute approximate surface area is 138 Å². The van der Waals surface area contributed by atoms with Gasteiger partial charge in [-0.15, -0.1) is 0 Å². The first-order chi connectivity index (χ1) is 9.69. The summed E-state index contributed by atoms with van der Waals surface area (Å²) in [4.78, 5) is 0. The van der Waals surface area contributed by atoms with Gasteiger partial charge < -0.3 is 14.8 Å². The largest absolute Gasteiger partial charge is 0.491 e. The van der Waals surface area contributed by atoms with E-state index < -0.39 is 0 Å². The number of benzene rings is 1. The molecule has 0 spiro atoms. The van der Waals surface area contributed by atoms with E-state index in [4.69, 9.17) is 9.47 Å². The summed E-state index contributed by atoms with van der Waals surface area (Å²) in [7, 11) is 0. The van der Waals surface area contributed by atoms with Crippen molar-refractivity contribution in [2.24, 2.45) is 0 Å². The number of rotatable bonds is 10. The van der Waals surface area contributed by atoms with Crippen molar-refractivity contribution in [2.75, 3.05) is 26.4 Å². The Morgan fingerprint density at radius 3 is 2.40 bits per heavy atom. The summed E-state index contributed by atoms with van der Waals surface area (Å²) in [5, 5.41) is 3.42. The Bertz CT molecular complexity index is 376. The third-order valence-electron chi connectivity index (χ3n) is 2.68. The van der Waals surface area contributed by atoms with Crippen molar-refractivity contribution in [1.82, 2.24) is 5.32 Å². The Morgan fingerprint density at radius 2 is 1.80 bits per heavy atom. The maximum absolute atomic E-state index is 5.71. The van der Waals surface area contributed by atoms with Crippen LogP contribution in [0.15, 0.2) is 21.1 Å². The molecular weight excluding hydrogens is 386 g/mol. The minimum Gasteiger partial charge on any atom is -0.491 e. The highest BCUT2D eigenvalue weighted by Gasteiger charge is 2.08. The molecule has 0 radical (unpaired) electrons. The van der Waals surface area contributed by atoms with Gasteiger partial charge in [-0.25, -0.2) is 0 Å². The van der Waals surface area contributed by atoms with Gasteiger partial charge in [0.15, 0.2) is 0 Å². The molecule has 1 N–H and O–H groups in total. The lowest BCUT2D eigenvalue weighted by Gasteiger charge is -2.12. The number of hydrogen-bond donors (Lipinski definition) is 1. The molecule has 114 valence electrons. The predicted octanol–water partition coefficient (Wildman–Crippen LogP) is 4.52. The van der Waals surface area contributed by atoms with Crippen molar-refractivity contribution in [1.29, 1.82) is 0 Å². The van der Waals surface area contributed by atoms with E-state index in [2.05, 4.69) is 56.2 Å². The average molecular weight is 409 g/mol. The van der Waals surface area contributed by atoms with Crippen molar-refractivity contribution >= 4 is 31.9 Å². The molecule has 3 nitrogen and oxygen atoms in total. The summed E-state index contributed by atoms with van der Waals surface area (Å²) in [5.74, 6) is 0.881. The van der Waals surface area contributed by atoms with Crippen molar-refractivity contribution in [2.45, 2.75) is 33.2 Å². The molecule has 1 rings (SSSR count). The fraction of sp³-hybridized carbons (Fsp3) is 0.600. The van der Waals surface area contributed by atoms with Crippen LogP contribution in [0.2, 0.25) is 0 Å². The van der Waals surface area contributed by atoms with Gasteiger partial charge in [-0.1, -0.05) is 6.92 Å². The van der Waals surface area contributed by atoms with Crippen molar-refractivity contribution in [3.8, 4) is 5.75 Å². The van der Waals surface area contributed by atoms with Crippen LogP contribution in [0.5, 0.6) is 5.75 Å². The van der Waals surface area contributed by atoms with Crippen LogP contribution < -0.4 is 10.1 Å². The molecule has 0 aliphatic heterocycles. The highest BCUT2D eigenvalue weighted by molar-refractivity contribution is 9.11. The fourth-order valence-electron chi connectivity index (χ4n) is 1.73. The second-order valence-corrected chi connectivity index (χ2v) is 6.17. The number of nitrogens with one attached hydrogen (secondary N) is 1. The first kappa shape index (κ1) is 18.0. The smallest absolute Gasteiger partial charge is 0.147 e. The fourth-order valence-corrected chi connectivity index (χ4v) is 3.24. The third-order valence-corrected chi connectivity index (χ3v) is 3.86. The second-order valence-electron chi connectivity index (χ2n) is 4.46. The standard InChI is InChI=1S/C15H23Br2NO2/c1-3-7-20-15-13(16)9-12(10-14(15)17)11-18-6-5-8-19-4-2/h9-10,18H,3-8,11H2,1-2H3. The zero-order valence-corrected chi connectivity index (χ0v) is 15.3. The van der Waals surface area contributed by atoms with E-state index in [1.54, 1.807) is 0 Å². The summed E-state index contributed by atoms with van der Waals surface area (Å²) >= 11 is 7.14. The molecule has 5 heteroatoms. The van der Waals surface area contributed by atoms with Crippen molar-refractivity contribution in [3.63, 3.8) is 0 Å². The molecule has 0 aromatic heterocycles. The minimum absolute atomic E-state index is 0.728. The van der Waals surface area contributed by atoms with Gasteiger partial charge in [0.05, 0.1) is 15.6 Å². The van der Waals surface area contributed by atoms with E-state index in [-0.39, 0.29) is 0 Å². The number of halogens is 2. The van der Waals surface area contributed by atoms with Gasteiger partial charge in [-0.05, 0) is 75.9 Å². The highest BCUT2D eigenvalue weighted by atomic mass is 79.9. The van der Waals surface area contributed by atoms with Crippen molar-refractivity contribution < 1.29 is 9.47 Å². The van der Waals surface area contributed by atoms with Gasteiger partial charge in [-0.2, -0.15) is 0 Å².